The first-order valence-corrected chi connectivity index (χ1v) is 4.66. The number of carbonyl (C=O) groups is 1. The summed E-state index contributed by atoms with van der Waals surface area (Å²) in [5, 5.41) is 8.96. The number of nitrogens with zero attached hydrogens (tertiary/aromatic N) is 1. The van der Waals surface area contributed by atoms with Gasteiger partial charge in [-0.2, -0.15) is 5.26 Å². The van der Waals surface area contributed by atoms with Crippen LogP contribution in [0.2, 0.25) is 0 Å². The van der Waals surface area contributed by atoms with E-state index in [1.54, 1.807) is 6.92 Å². The maximum Gasteiger partial charge on any atom is 0.308 e. The molecule has 0 spiro atoms. The summed E-state index contributed by atoms with van der Waals surface area (Å²) in [6, 6.07) is 3.96. The van der Waals surface area contributed by atoms with E-state index in [-0.39, 0.29) is 5.97 Å². The van der Waals surface area contributed by atoms with Crippen molar-refractivity contribution < 1.29 is 9.53 Å². The number of benzene rings is 1. The molecular weight excluding hydrogens is 190 g/mol. The number of carbonyl (C=O) groups excluding carboxylic acids is 1. The minimum Gasteiger partial charge on any atom is -0.426 e. The van der Waals surface area contributed by atoms with Gasteiger partial charge in [-0.1, -0.05) is 6.07 Å². The van der Waals surface area contributed by atoms with Gasteiger partial charge in [0.15, 0.2) is 0 Å². The quantitative estimate of drug-likeness (QED) is 0.520. The van der Waals surface area contributed by atoms with Gasteiger partial charge in [0.1, 0.15) is 5.75 Å². The Labute approximate surface area is 89.3 Å². The fraction of sp³-hybridized carbons (Fsp3) is 0.333. The molecule has 1 aromatic carbocycles. The van der Waals surface area contributed by atoms with E-state index in [9.17, 15) is 4.79 Å². The van der Waals surface area contributed by atoms with Gasteiger partial charge in [0.05, 0.1) is 11.6 Å². The zero-order valence-corrected chi connectivity index (χ0v) is 9.34. The highest BCUT2D eigenvalue weighted by Gasteiger charge is 2.13. The molecule has 0 amide bonds. The molecule has 0 saturated carbocycles. The van der Waals surface area contributed by atoms with Crippen LogP contribution in [0.5, 0.6) is 5.75 Å². The fourth-order valence-electron chi connectivity index (χ4n) is 1.64. The molecule has 0 radical (unpaired) electrons. The molecule has 15 heavy (non-hydrogen) atoms. The molecule has 0 heterocycles. The Balaban J connectivity index is 3.40. The van der Waals surface area contributed by atoms with Crippen molar-refractivity contribution in [3.63, 3.8) is 0 Å². The normalized spacial score (nSPS) is 9.53. The largest absolute Gasteiger partial charge is 0.426 e. The van der Waals surface area contributed by atoms with Crippen LogP contribution in [0.1, 0.15) is 29.2 Å². The lowest BCUT2D eigenvalue weighted by Gasteiger charge is -2.12. The molecule has 0 aliphatic carbocycles. The predicted molar refractivity (Wildman–Crippen MR) is 56.7 cm³/mol. The molecule has 0 aliphatic rings. The molecule has 0 unspecified atom stereocenters. The maximum absolute atomic E-state index is 10.9. The second kappa shape index (κ2) is 4.14. The van der Waals surface area contributed by atoms with E-state index >= 15 is 0 Å². The van der Waals surface area contributed by atoms with Crippen molar-refractivity contribution in [1.29, 1.82) is 5.26 Å². The Hall–Kier alpha value is -1.82. The molecular formula is C12H13NO2. The van der Waals surface area contributed by atoms with Crippen molar-refractivity contribution in [1.82, 2.24) is 0 Å². The van der Waals surface area contributed by atoms with E-state index < -0.39 is 0 Å². The molecule has 1 aromatic rings. The molecule has 0 saturated heterocycles. The minimum atomic E-state index is -0.367. The van der Waals surface area contributed by atoms with Gasteiger partial charge in [-0.15, -0.1) is 0 Å². The summed E-state index contributed by atoms with van der Waals surface area (Å²) in [5.41, 5.74) is 3.09. The van der Waals surface area contributed by atoms with E-state index in [1.807, 2.05) is 19.9 Å². The van der Waals surface area contributed by atoms with Crippen LogP contribution in [0.25, 0.3) is 0 Å². The minimum absolute atomic E-state index is 0.367. The summed E-state index contributed by atoms with van der Waals surface area (Å²) in [6.07, 6.45) is 0. The van der Waals surface area contributed by atoms with Crippen molar-refractivity contribution in [2.75, 3.05) is 0 Å². The van der Waals surface area contributed by atoms with Gasteiger partial charge in [0.2, 0.25) is 0 Å². The molecule has 0 atom stereocenters. The average Bonchev–Trinajstić information content (AvgIpc) is 2.12. The molecule has 0 N–H and O–H groups in total. The zero-order chi connectivity index (χ0) is 11.6. The van der Waals surface area contributed by atoms with Gasteiger partial charge in [-0.3, -0.25) is 4.79 Å². The van der Waals surface area contributed by atoms with Crippen molar-refractivity contribution in [2.45, 2.75) is 27.7 Å². The van der Waals surface area contributed by atoms with Crippen LogP contribution in [0.3, 0.4) is 0 Å². The lowest BCUT2D eigenvalue weighted by Crippen LogP contribution is -2.06. The van der Waals surface area contributed by atoms with Gasteiger partial charge < -0.3 is 4.74 Å². The first-order chi connectivity index (χ1) is 6.97. The van der Waals surface area contributed by atoms with Crippen LogP contribution in [0.4, 0.5) is 0 Å². The van der Waals surface area contributed by atoms with E-state index in [4.69, 9.17) is 10.00 Å². The average molecular weight is 203 g/mol. The number of hydrogen-bond donors (Lipinski definition) is 0. The molecule has 1 rings (SSSR count). The predicted octanol–water partition coefficient (Wildman–Crippen LogP) is 2.41. The molecule has 0 aliphatic heterocycles. The van der Waals surface area contributed by atoms with Crippen LogP contribution in [0, 0.1) is 32.1 Å². The van der Waals surface area contributed by atoms with Gasteiger partial charge in [-0.05, 0) is 31.9 Å². The summed E-state index contributed by atoms with van der Waals surface area (Å²) in [7, 11) is 0. The summed E-state index contributed by atoms with van der Waals surface area (Å²) in [6.45, 7) is 6.87. The van der Waals surface area contributed by atoms with Crippen LogP contribution >= 0.6 is 0 Å². The first-order valence-electron chi connectivity index (χ1n) is 4.66. The maximum atomic E-state index is 10.9. The highest BCUT2D eigenvalue weighted by atomic mass is 16.5. The second-order valence-corrected chi connectivity index (χ2v) is 3.54. The third-order valence-electron chi connectivity index (χ3n) is 2.26. The Morgan fingerprint density at radius 1 is 1.33 bits per heavy atom. The molecule has 0 bridgehead atoms. The van der Waals surface area contributed by atoms with Gasteiger partial charge in [0.25, 0.3) is 0 Å². The van der Waals surface area contributed by atoms with Crippen LogP contribution in [-0.2, 0) is 4.79 Å². The third kappa shape index (κ3) is 2.16. The lowest BCUT2D eigenvalue weighted by atomic mass is 9.99. The van der Waals surface area contributed by atoms with Crippen molar-refractivity contribution >= 4 is 5.97 Å². The molecule has 78 valence electrons. The summed E-state index contributed by atoms with van der Waals surface area (Å²) >= 11 is 0. The second-order valence-electron chi connectivity index (χ2n) is 3.54. The van der Waals surface area contributed by atoms with E-state index in [0.29, 0.717) is 11.3 Å². The highest BCUT2D eigenvalue weighted by molar-refractivity contribution is 5.71. The number of ether oxygens (including phenoxy) is 1. The van der Waals surface area contributed by atoms with Gasteiger partial charge in [-0.25, -0.2) is 0 Å². The Morgan fingerprint density at radius 3 is 2.40 bits per heavy atom. The zero-order valence-electron chi connectivity index (χ0n) is 9.34. The van der Waals surface area contributed by atoms with Crippen LogP contribution < -0.4 is 4.74 Å². The van der Waals surface area contributed by atoms with E-state index in [1.165, 1.54) is 6.92 Å². The summed E-state index contributed by atoms with van der Waals surface area (Å²) in [4.78, 5) is 10.9. The van der Waals surface area contributed by atoms with E-state index in [2.05, 4.69) is 6.07 Å². The number of rotatable bonds is 1. The Bertz CT molecular complexity index is 456. The van der Waals surface area contributed by atoms with Crippen LogP contribution in [-0.4, -0.2) is 5.97 Å². The molecule has 3 heteroatoms. The molecule has 0 aromatic heterocycles. The monoisotopic (exact) mass is 203 g/mol. The highest BCUT2D eigenvalue weighted by Crippen LogP contribution is 2.28. The Kier molecular flexibility index (Phi) is 3.11. The number of aryl methyl sites for hydroxylation is 2. The van der Waals surface area contributed by atoms with Crippen molar-refractivity contribution in [3.8, 4) is 11.8 Å². The SMILES string of the molecule is CC(=O)Oc1c(C)cc(C)c(C#N)c1C. The third-order valence-corrected chi connectivity index (χ3v) is 2.26. The van der Waals surface area contributed by atoms with Crippen LogP contribution in [0.15, 0.2) is 6.07 Å². The van der Waals surface area contributed by atoms with Crippen molar-refractivity contribution in [2.24, 2.45) is 0 Å². The standard InChI is InChI=1S/C12H13NO2/c1-7-5-8(2)12(15-10(4)14)9(3)11(7)6-13/h5H,1-4H3. The van der Waals surface area contributed by atoms with Gasteiger partial charge in [0, 0.05) is 12.5 Å². The Morgan fingerprint density at radius 2 is 1.93 bits per heavy atom. The molecule has 0 fully saturated rings. The summed E-state index contributed by atoms with van der Waals surface area (Å²) in [5.74, 6) is 0.138. The fourth-order valence-corrected chi connectivity index (χ4v) is 1.64. The van der Waals surface area contributed by atoms with Crippen molar-refractivity contribution in [3.05, 3.63) is 28.3 Å². The van der Waals surface area contributed by atoms with Gasteiger partial charge >= 0.3 is 5.97 Å². The summed E-state index contributed by atoms with van der Waals surface area (Å²) < 4.78 is 5.08. The molecule has 3 nitrogen and oxygen atoms in total. The van der Waals surface area contributed by atoms with E-state index in [0.717, 1.165) is 16.7 Å². The number of nitriles is 1. The number of hydrogen-bond acceptors (Lipinski definition) is 3. The first kappa shape index (κ1) is 11.3. The lowest BCUT2D eigenvalue weighted by molar-refractivity contribution is -0.131. The topological polar surface area (TPSA) is 50.1 Å². The number of esters is 1. The smallest absolute Gasteiger partial charge is 0.308 e.